The Bertz CT molecular complexity index is 590. The number of aromatic amines is 1. The average molecular weight is 303 g/mol. The van der Waals surface area contributed by atoms with Gasteiger partial charge in [0.25, 0.3) is 5.91 Å². The van der Waals surface area contributed by atoms with E-state index in [1.165, 1.54) is 37.8 Å². The zero-order chi connectivity index (χ0) is 15.5. The summed E-state index contributed by atoms with van der Waals surface area (Å²) in [6.45, 7) is 4.73. The molecular formula is C17H25N3O2. The Labute approximate surface area is 131 Å². The van der Waals surface area contributed by atoms with Gasteiger partial charge in [0, 0.05) is 37.0 Å². The van der Waals surface area contributed by atoms with Crippen LogP contribution >= 0.6 is 0 Å². The number of amides is 1. The lowest BCUT2D eigenvalue weighted by Gasteiger charge is -2.23. The number of hydrogen-bond donors (Lipinski definition) is 2. The molecule has 1 aromatic heterocycles. The van der Waals surface area contributed by atoms with Crippen LogP contribution in [0.4, 0.5) is 0 Å². The topological polar surface area (TPSA) is 65.2 Å². The normalized spacial score (nSPS) is 23.0. The fourth-order valence-electron chi connectivity index (χ4n) is 3.77. The van der Waals surface area contributed by atoms with Crippen LogP contribution in [0.2, 0.25) is 0 Å². The summed E-state index contributed by atoms with van der Waals surface area (Å²) in [4.78, 5) is 29.2. The van der Waals surface area contributed by atoms with Gasteiger partial charge in [-0.2, -0.15) is 0 Å². The third-order valence-electron chi connectivity index (χ3n) is 4.93. The van der Waals surface area contributed by atoms with Crippen LogP contribution in [0.15, 0.2) is 16.9 Å². The van der Waals surface area contributed by atoms with Crippen LogP contribution in [-0.2, 0) is 0 Å². The molecule has 1 amide bonds. The van der Waals surface area contributed by atoms with Gasteiger partial charge in [0.2, 0.25) is 0 Å². The summed E-state index contributed by atoms with van der Waals surface area (Å²) in [5.74, 6) is 0.348. The minimum absolute atomic E-state index is 0.130. The minimum atomic E-state index is -0.180. The molecule has 5 heteroatoms. The highest BCUT2D eigenvalue weighted by Gasteiger charge is 2.29. The van der Waals surface area contributed by atoms with Gasteiger partial charge in [-0.25, -0.2) is 0 Å². The van der Waals surface area contributed by atoms with Crippen molar-refractivity contribution in [3.05, 3.63) is 33.7 Å². The number of carbonyl (C=O) groups excluding carboxylic acids is 1. The molecule has 22 heavy (non-hydrogen) atoms. The summed E-state index contributed by atoms with van der Waals surface area (Å²) in [7, 11) is 0. The largest absolute Gasteiger partial charge is 0.354 e. The summed E-state index contributed by atoms with van der Waals surface area (Å²) >= 11 is 0. The first-order valence-corrected chi connectivity index (χ1v) is 8.35. The molecule has 3 rings (SSSR count). The molecule has 5 nitrogen and oxygen atoms in total. The first kappa shape index (κ1) is 15.3. The van der Waals surface area contributed by atoms with E-state index < -0.39 is 0 Å². The highest BCUT2D eigenvalue weighted by atomic mass is 16.2. The second-order valence-electron chi connectivity index (χ2n) is 6.71. The molecule has 1 aliphatic heterocycles. The molecule has 0 spiro atoms. The summed E-state index contributed by atoms with van der Waals surface area (Å²) in [6.07, 6.45) is 6.56. The van der Waals surface area contributed by atoms with Crippen LogP contribution < -0.4 is 10.7 Å². The third-order valence-corrected chi connectivity index (χ3v) is 4.93. The van der Waals surface area contributed by atoms with E-state index in [1.54, 1.807) is 6.92 Å². The van der Waals surface area contributed by atoms with Gasteiger partial charge in [0.15, 0.2) is 5.43 Å². The van der Waals surface area contributed by atoms with Crippen molar-refractivity contribution in [3.63, 3.8) is 0 Å². The fourth-order valence-corrected chi connectivity index (χ4v) is 3.77. The Kier molecular flexibility index (Phi) is 4.62. The van der Waals surface area contributed by atoms with Crippen molar-refractivity contribution < 1.29 is 4.79 Å². The lowest BCUT2D eigenvalue weighted by molar-refractivity contribution is 0.0941. The quantitative estimate of drug-likeness (QED) is 0.889. The van der Waals surface area contributed by atoms with Crippen LogP contribution in [0.5, 0.6) is 0 Å². The Hall–Kier alpha value is -1.62. The number of likely N-dealkylation sites (tertiary alicyclic amines) is 1. The maximum atomic E-state index is 12.1. The zero-order valence-corrected chi connectivity index (χ0v) is 13.2. The molecule has 0 aromatic carbocycles. The molecule has 1 aliphatic carbocycles. The van der Waals surface area contributed by atoms with Gasteiger partial charge < -0.3 is 15.2 Å². The Balaban J connectivity index is 1.50. The number of hydrogen-bond acceptors (Lipinski definition) is 3. The van der Waals surface area contributed by atoms with E-state index >= 15 is 0 Å². The van der Waals surface area contributed by atoms with Gasteiger partial charge in [-0.1, -0.05) is 12.8 Å². The second kappa shape index (κ2) is 6.65. The van der Waals surface area contributed by atoms with Gasteiger partial charge in [-0.05, 0) is 38.6 Å². The highest BCUT2D eigenvalue weighted by molar-refractivity contribution is 5.92. The molecule has 0 radical (unpaired) electrons. The molecule has 2 heterocycles. The lowest BCUT2D eigenvalue weighted by atomic mass is 10.1. The van der Waals surface area contributed by atoms with E-state index in [2.05, 4.69) is 15.2 Å². The highest BCUT2D eigenvalue weighted by Crippen LogP contribution is 2.28. The predicted octanol–water partition coefficient (Wildman–Crippen LogP) is 1.68. The molecule has 1 atom stereocenters. The number of nitrogens with zero attached hydrogens (tertiary/aromatic N) is 1. The van der Waals surface area contributed by atoms with Gasteiger partial charge in [0.05, 0.1) is 0 Å². The van der Waals surface area contributed by atoms with Crippen LogP contribution in [0.1, 0.15) is 48.3 Å². The number of carbonyl (C=O) groups is 1. The maximum absolute atomic E-state index is 12.1. The molecule has 1 saturated carbocycles. The van der Waals surface area contributed by atoms with Crippen molar-refractivity contribution in [3.8, 4) is 0 Å². The number of aromatic nitrogens is 1. The molecule has 1 aromatic rings. The maximum Gasteiger partial charge on any atom is 0.267 e. The zero-order valence-electron chi connectivity index (χ0n) is 13.2. The fraction of sp³-hybridized carbons (Fsp3) is 0.647. The van der Waals surface area contributed by atoms with Crippen molar-refractivity contribution >= 4 is 5.91 Å². The van der Waals surface area contributed by atoms with Crippen LogP contribution in [0, 0.1) is 12.8 Å². The number of pyridine rings is 1. The first-order valence-electron chi connectivity index (χ1n) is 8.35. The third kappa shape index (κ3) is 3.58. The van der Waals surface area contributed by atoms with Crippen molar-refractivity contribution in [2.24, 2.45) is 5.92 Å². The van der Waals surface area contributed by atoms with Gasteiger partial charge in [-0.3, -0.25) is 9.59 Å². The Morgan fingerprint density at radius 1 is 1.32 bits per heavy atom. The van der Waals surface area contributed by atoms with E-state index in [4.69, 9.17) is 0 Å². The van der Waals surface area contributed by atoms with Gasteiger partial charge in [0.1, 0.15) is 5.69 Å². The number of nitrogens with one attached hydrogen (secondary N) is 2. The van der Waals surface area contributed by atoms with E-state index in [-0.39, 0.29) is 11.3 Å². The number of rotatable bonds is 4. The average Bonchev–Trinajstić information content (AvgIpc) is 3.14. The summed E-state index contributed by atoms with van der Waals surface area (Å²) in [6, 6.07) is 3.63. The summed E-state index contributed by atoms with van der Waals surface area (Å²) in [5.41, 5.74) is 0.941. The van der Waals surface area contributed by atoms with Gasteiger partial charge >= 0.3 is 0 Å². The molecule has 120 valence electrons. The Morgan fingerprint density at radius 3 is 2.82 bits per heavy atom. The predicted molar refractivity (Wildman–Crippen MR) is 86.1 cm³/mol. The monoisotopic (exact) mass is 303 g/mol. The smallest absolute Gasteiger partial charge is 0.267 e. The molecule has 2 fully saturated rings. The van der Waals surface area contributed by atoms with E-state index in [1.807, 2.05) is 0 Å². The lowest BCUT2D eigenvalue weighted by Crippen LogP contribution is -2.34. The SMILES string of the molecule is Cc1cc(=O)cc(C(=O)NC[C@@H]2CCN(C3CCCC3)C2)[nH]1. The molecule has 2 aliphatic rings. The van der Waals surface area contributed by atoms with Gasteiger partial charge in [-0.15, -0.1) is 0 Å². The van der Waals surface area contributed by atoms with Crippen LogP contribution in [0.3, 0.4) is 0 Å². The van der Waals surface area contributed by atoms with Crippen molar-refractivity contribution in [1.29, 1.82) is 0 Å². The van der Waals surface area contributed by atoms with Crippen LogP contribution in [0.25, 0.3) is 0 Å². The molecule has 2 N–H and O–H groups in total. The van der Waals surface area contributed by atoms with E-state index in [9.17, 15) is 9.59 Å². The molecule has 1 saturated heterocycles. The Morgan fingerprint density at radius 2 is 2.09 bits per heavy atom. The number of aryl methyl sites for hydroxylation is 1. The number of H-pyrrole nitrogens is 1. The first-order chi connectivity index (χ1) is 10.6. The second-order valence-corrected chi connectivity index (χ2v) is 6.71. The van der Waals surface area contributed by atoms with E-state index in [0.717, 1.165) is 25.6 Å². The molecular weight excluding hydrogens is 278 g/mol. The van der Waals surface area contributed by atoms with Crippen molar-refractivity contribution in [1.82, 2.24) is 15.2 Å². The standard InChI is InChI=1S/C17H25N3O2/c1-12-8-15(21)9-16(19-12)17(22)18-10-13-6-7-20(11-13)14-4-2-3-5-14/h8-9,13-14H,2-7,10-11H2,1H3,(H,18,22)(H,19,21)/t13-/m0/s1. The van der Waals surface area contributed by atoms with Crippen molar-refractivity contribution in [2.75, 3.05) is 19.6 Å². The summed E-state index contributed by atoms with van der Waals surface area (Å²) in [5, 5.41) is 2.97. The minimum Gasteiger partial charge on any atom is -0.354 e. The van der Waals surface area contributed by atoms with Crippen molar-refractivity contribution in [2.45, 2.75) is 45.1 Å². The van der Waals surface area contributed by atoms with E-state index in [0.29, 0.717) is 23.9 Å². The molecule has 0 unspecified atom stereocenters. The molecule has 0 bridgehead atoms. The van der Waals surface area contributed by atoms with Crippen LogP contribution in [-0.4, -0.2) is 41.5 Å². The summed E-state index contributed by atoms with van der Waals surface area (Å²) < 4.78 is 0.